The van der Waals surface area contributed by atoms with Gasteiger partial charge in [0.05, 0.1) is 12.1 Å². The second-order valence-electron chi connectivity index (χ2n) is 6.25. The quantitative estimate of drug-likeness (QED) is 0.811. The molecule has 0 saturated carbocycles. The zero-order valence-electron chi connectivity index (χ0n) is 13.5. The highest BCUT2D eigenvalue weighted by Gasteiger charge is 2.24. The first kappa shape index (κ1) is 16.7. The predicted molar refractivity (Wildman–Crippen MR) is 88.4 cm³/mol. The molecule has 0 N–H and O–H groups in total. The summed E-state index contributed by atoms with van der Waals surface area (Å²) < 4.78 is 10.5. The third-order valence-electron chi connectivity index (χ3n) is 3.38. The number of carbonyl (C=O) groups excluding carboxylic acids is 1. The van der Waals surface area contributed by atoms with Gasteiger partial charge in [-0.25, -0.2) is 4.79 Å². The van der Waals surface area contributed by atoms with Gasteiger partial charge in [-0.05, 0) is 56.5 Å². The van der Waals surface area contributed by atoms with Crippen molar-refractivity contribution < 1.29 is 14.3 Å². The van der Waals surface area contributed by atoms with Gasteiger partial charge in [0.1, 0.15) is 11.4 Å². The minimum atomic E-state index is -0.472. The van der Waals surface area contributed by atoms with Gasteiger partial charge in [0.15, 0.2) is 0 Å². The summed E-state index contributed by atoms with van der Waals surface area (Å²) in [7, 11) is 1.62. The van der Waals surface area contributed by atoms with Gasteiger partial charge in [-0.2, -0.15) is 0 Å². The molecule has 1 aromatic rings. The second kappa shape index (κ2) is 6.61. The molecule has 0 spiro atoms. The number of halogens is 1. The molecule has 1 heterocycles. The number of amides is 1. The van der Waals surface area contributed by atoms with Crippen LogP contribution in [0.5, 0.6) is 5.75 Å². The molecule has 5 heteroatoms. The topological polar surface area (TPSA) is 38.8 Å². The summed E-state index contributed by atoms with van der Waals surface area (Å²) in [6.45, 7) is 6.77. The van der Waals surface area contributed by atoms with E-state index in [1.54, 1.807) is 18.1 Å². The van der Waals surface area contributed by atoms with Crippen molar-refractivity contribution in [3.63, 3.8) is 0 Å². The van der Waals surface area contributed by atoms with Crippen LogP contribution in [0.25, 0.3) is 5.57 Å². The van der Waals surface area contributed by atoms with Gasteiger partial charge < -0.3 is 14.4 Å². The van der Waals surface area contributed by atoms with E-state index in [4.69, 9.17) is 21.1 Å². The molecule has 1 amide bonds. The van der Waals surface area contributed by atoms with Crippen LogP contribution in [-0.4, -0.2) is 36.8 Å². The van der Waals surface area contributed by atoms with Crippen LogP contribution in [0.3, 0.4) is 0 Å². The maximum atomic E-state index is 12.0. The van der Waals surface area contributed by atoms with Gasteiger partial charge in [-0.15, -0.1) is 0 Å². The molecule has 120 valence electrons. The summed E-state index contributed by atoms with van der Waals surface area (Å²) in [4.78, 5) is 13.7. The number of carbonyl (C=O) groups is 1. The van der Waals surface area contributed by atoms with Gasteiger partial charge in [0, 0.05) is 13.1 Å². The van der Waals surface area contributed by atoms with Crippen molar-refractivity contribution in [2.24, 2.45) is 0 Å². The molecule has 1 aliphatic rings. The standard InChI is InChI=1S/C17H22ClNO3/c1-17(2,3)22-16(20)19-9-7-12(8-10-19)14-6-5-13(21-4)11-15(14)18/h5-7,11H,8-10H2,1-4H3. The fourth-order valence-electron chi connectivity index (χ4n) is 2.29. The predicted octanol–water partition coefficient (Wildman–Crippen LogP) is 4.37. The van der Waals surface area contributed by atoms with Crippen molar-refractivity contribution in [3.8, 4) is 5.75 Å². The van der Waals surface area contributed by atoms with Crippen LogP contribution in [-0.2, 0) is 4.74 Å². The number of methoxy groups -OCH3 is 1. The van der Waals surface area contributed by atoms with Crippen LogP contribution < -0.4 is 4.74 Å². The molecule has 0 fully saturated rings. The molecule has 2 rings (SSSR count). The first-order valence-corrected chi connectivity index (χ1v) is 7.69. The Kier molecular flexibility index (Phi) is 5.01. The Morgan fingerprint density at radius 3 is 2.55 bits per heavy atom. The molecule has 0 atom stereocenters. The summed E-state index contributed by atoms with van der Waals surface area (Å²) in [6, 6.07) is 5.65. The first-order valence-electron chi connectivity index (χ1n) is 7.31. The lowest BCUT2D eigenvalue weighted by atomic mass is 9.99. The Labute approximate surface area is 136 Å². The highest BCUT2D eigenvalue weighted by Crippen LogP contribution is 2.31. The van der Waals surface area contributed by atoms with Crippen molar-refractivity contribution in [1.29, 1.82) is 0 Å². The minimum absolute atomic E-state index is 0.274. The van der Waals surface area contributed by atoms with E-state index in [1.165, 1.54) is 0 Å². The lowest BCUT2D eigenvalue weighted by Crippen LogP contribution is -2.39. The monoisotopic (exact) mass is 323 g/mol. The molecule has 22 heavy (non-hydrogen) atoms. The Hall–Kier alpha value is -1.68. The van der Waals surface area contributed by atoms with Crippen LogP contribution in [0.1, 0.15) is 32.8 Å². The van der Waals surface area contributed by atoms with Gasteiger partial charge in [-0.1, -0.05) is 17.7 Å². The summed E-state index contributed by atoms with van der Waals surface area (Å²) in [5.41, 5.74) is 1.67. The van der Waals surface area contributed by atoms with E-state index in [0.717, 1.165) is 23.3 Å². The van der Waals surface area contributed by atoms with Crippen LogP contribution in [0.2, 0.25) is 5.02 Å². The molecule has 0 aromatic heterocycles. The fourth-order valence-corrected chi connectivity index (χ4v) is 2.58. The molecule has 0 saturated heterocycles. The lowest BCUT2D eigenvalue weighted by molar-refractivity contribution is 0.0270. The number of rotatable bonds is 2. The van der Waals surface area contributed by atoms with Crippen molar-refractivity contribution >= 4 is 23.3 Å². The summed E-state index contributed by atoms with van der Waals surface area (Å²) in [6.07, 6.45) is 2.51. The molecular formula is C17H22ClNO3. The Morgan fingerprint density at radius 2 is 2.05 bits per heavy atom. The van der Waals surface area contributed by atoms with E-state index in [-0.39, 0.29) is 6.09 Å². The SMILES string of the molecule is COc1ccc(C2=CCN(C(=O)OC(C)(C)C)CC2)c(Cl)c1. The van der Waals surface area contributed by atoms with E-state index in [0.29, 0.717) is 18.1 Å². The minimum Gasteiger partial charge on any atom is -0.497 e. The van der Waals surface area contributed by atoms with Crippen LogP contribution in [0.4, 0.5) is 4.79 Å². The second-order valence-corrected chi connectivity index (χ2v) is 6.66. The van der Waals surface area contributed by atoms with Crippen molar-refractivity contribution in [2.45, 2.75) is 32.8 Å². The molecule has 0 radical (unpaired) electrons. The number of hydrogen-bond acceptors (Lipinski definition) is 3. The van der Waals surface area contributed by atoms with Gasteiger partial charge in [0.25, 0.3) is 0 Å². The highest BCUT2D eigenvalue weighted by atomic mass is 35.5. The fraction of sp³-hybridized carbons (Fsp3) is 0.471. The summed E-state index contributed by atoms with van der Waals surface area (Å²) >= 11 is 6.30. The van der Waals surface area contributed by atoms with Crippen molar-refractivity contribution in [1.82, 2.24) is 4.90 Å². The maximum absolute atomic E-state index is 12.0. The van der Waals surface area contributed by atoms with E-state index >= 15 is 0 Å². The van der Waals surface area contributed by atoms with E-state index in [2.05, 4.69) is 0 Å². The Bertz CT molecular complexity index is 590. The van der Waals surface area contributed by atoms with Crippen molar-refractivity contribution in [2.75, 3.05) is 20.2 Å². The molecule has 0 bridgehead atoms. The highest BCUT2D eigenvalue weighted by molar-refractivity contribution is 6.32. The average molecular weight is 324 g/mol. The molecular weight excluding hydrogens is 302 g/mol. The number of ether oxygens (including phenoxy) is 2. The largest absolute Gasteiger partial charge is 0.497 e. The zero-order valence-corrected chi connectivity index (χ0v) is 14.2. The lowest BCUT2D eigenvalue weighted by Gasteiger charge is -2.29. The third-order valence-corrected chi connectivity index (χ3v) is 3.70. The van der Waals surface area contributed by atoms with Crippen LogP contribution in [0.15, 0.2) is 24.3 Å². The Balaban J connectivity index is 2.07. The van der Waals surface area contributed by atoms with Crippen molar-refractivity contribution in [3.05, 3.63) is 34.9 Å². The Morgan fingerprint density at radius 1 is 1.32 bits per heavy atom. The smallest absolute Gasteiger partial charge is 0.410 e. The van der Waals surface area contributed by atoms with E-state index in [1.807, 2.05) is 39.0 Å². The van der Waals surface area contributed by atoms with Gasteiger partial charge in [-0.3, -0.25) is 0 Å². The van der Waals surface area contributed by atoms with E-state index < -0.39 is 5.60 Å². The number of hydrogen-bond donors (Lipinski definition) is 0. The van der Waals surface area contributed by atoms with Gasteiger partial charge in [0.2, 0.25) is 0 Å². The van der Waals surface area contributed by atoms with Crippen LogP contribution >= 0.6 is 11.6 Å². The summed E-state index contributed by atoms with van der Waals surface area (Å²) in [5, 5.41) is 0.663. The number of benzene rings is 1. The summed E-state index contributed by atoms with van der Waals surface area (Å²) in [5.74, 6) is 0.737. The molecule has 1 aromatic carbocycles. The molecule has 0 aliphatic carbocycles. The average Bonchev–Trinajstić information content (AvgIpc) is 2.45. The number of nitrogens with zero attached hydrogens (tertiary/aromatic N) is 1. The molecule has 1 aliphatic heterocycles. The van der Waals surface area contributed by atoms with E-state index in [9.17, 15) is 4.79 Å². The van der Waals surface area contributed by atoms with Crippen LogP contribution in [0, 0.1) is 0 Å². The zero-order chi connectivity index (χ0) is 16.3. The van der Waals surface area contributed by atoms with Gasteiger partial charge >= 0.3 is 6.09 Å². The molecule has 0 unspecified atom stereocenters. The maximum Gasteiger partial charge on any atom is 0.410 e. The first-order chi connectivity index (χ1) is 10.3. The normalized spacial score (nSPS) is 15.3. The third kappa shape index (κ3) is 4.17. The molecule has 4 nitrogen and oxygen atoms in total.